The fourth-order valence-corrected chi connectivity index (χ4v) is 6.99. The number of carbonyl (C=O) groups excluding carboxylic acids is 2. The number of hydrogen-bond acceptors (Lipinski definition) is 8. The number of rotatable bonds is 6. The number of anilines is 1. The Morgan fingerprint density at radius 1 is 1.09 bits per heavy atom. The summed E-state index contributed by atoms with van der Waals surface area (Å²) in [6.45, 7) is 9.53. The van der Waals surface area contributed by atoms with Crippen LogP contribution in [0.1, 0.15) is 59.3 Å². The number of likely N-dealkylation sites (tertiary alicyclic amines) is 3. The number of H-pyrrole nitrogens is 1. The second-order valence-electron chi connectivity index (χ2n) is 13.7. The van der Waals surface area contributed by atoms with Gasteiger partial charge in [0.25, 0.3) is 0 Å². The highest BCUT2D eigenvalue weighted by Gasteiger charge is 2.39. The Morgan fingerprint density at radius 3 is 2.56 bits per heavy atom. The van der Waals surface area contributed by atoms with Crippen molar-refractivity contribution in [3.8, 4) is 11.3 Å². The molecule has 5 heterocycles. The number of amides is 2. The van der Waals surface area contributed by atoms with Crippen molar-refractivity contribution in [2.24, 2.45) is 0 Å². The first-order valence-corrected chi connectivity index (χ1v) is 16.4. The van der Waals surface area contributed by atoms with Gasteiger partial charge in [-0.1, -0.05) is 29.8 Å². The number of halogens is 1. The summed E-state index contributed by atoms with van der Waals surface area (Å²) in [6, 6.07) is 8.72. The van der Waals surface area contributed by atoms with Crippen molar-refractivity contribution in [2.75, 3.05) is 44.6 Å². The summed E-state index contributed by atoms with van der Waals surface area (Å²) < 4.78 is 5.46. The summed E-state index contributed by atoms with van der Waals surface area (Å²) in [6.07, 6.45) is 6.87. The van der Waals surface area contributed by atoms with Gasteiger partial charge in [-0.3, -0.25) is 9.69 Å². The summed E-state index contributed by atoms with van der Waals surface area (Å²) >= 11 is 6.53. The Kier molecular flexibility index (Phi) is 8.96. The van der Waals surface area contributed by atoms with Crippen molar-refractivity contribution in [1.29, 1.82) is 0 Å². The van der Waals surface area contributed by atoms with Gasteiger partial charge < -0.3 is 29.9 Å². The van der Waals surface area contributed by atoms with Gasteiger partial charge in [-0.15, -0.1) is 0 Å². The largest absolute Gasteiger partial charge is 0.444 e. The third kappa shape index (κ3) is 7.37. The third-order valence-corrected chi connectivity index (χ3v) is 9.58. The molecule has 2 aromatic heterocycles. The average molecular weight is 638 g/mol. The van der Waals surface area contributed by atoms with Gasteiger partial charge in [0, 0.05) is 74.0 Å². The molecule has 0 bridgehead atoms. The molecule has 6 rings (SSSR count). The minimum absolute atomic E-state index is 0.00599. The molecule has 0 unspecified atom stereocenters. The molecule has 242 valence electrons. The molecule has 3 aromatic rings. The number of hydrogen-bond donors (Lipinski definition) is 3. The van der Waals surface area contributed by atoms with Gasteiger partial charge in [-0.05, 0) is 58.9 Å². The lowest BCUT2D eigenvalue weighted by molar-refractivity contribution is -0.139. The lowest BCUT2D eigenvalue weighted by Gasteiger charge is -2.41. The molecule has 0 saturated carbocycles. The number of ether oxygens (including phenoxy) is 1. The first-order chi connectivity index (χ1) is 21.5. The van der Waals surface area contributed by atoms with Gasteiger partial charge >= 0.3 is 6.09 Å². The third-order valence-electron chi connectivity index (χ3n) is 9.30. The summed E-state index contributed by atoms with van der Waals surface area (Å²) in [5, 5.41) is 16.3. The number of nitrogens with zero attached hydrogens (tertiary/aromatic N) is 5. The molecule has 45 heavy (non-hydrogen) atoms. The molecule has 3 saturated heterocycles. The van der Waals surface area contributed by atoms with Crippen molar-refractivity contribution in [3.63, 3.8) is 0 Å². The van der Waals surface area contributed by atoms with Crippen molar-refractivity contribution in [1.82, 2.24) is 29.7 Å². The molecule has 3 fully saturated rings. The highest BCUT2D eigenvalue weighted by atomic mass is 35.5. The number of aromatic nitrogens is 3. The van der Waals surface area contributed by atoms with Crippen LogP contribution >= 0.6 is 11.6 Å². The molecule has 3 aliphatic heterocycles. The van der Waals surface area contributed by atoms with Crippen LogP contribution in [-0.2, 0) is 9.53 Å². The molecule has 0 aliphatic carbocycles. The summed E-state index contributed by atoms with van der Waals surface area (Å²) in [5.74, 6) is 0.565. The number of piperidine rings is 2. The van der Waals surface area contributed by atoms with E-state index in [2.05, 4.69) is 26.3 Å². The smallest absolute Gasteiger partial charge is 0.410 e. The topological polar surface area (TPSA) is 127 Å². The van der Waals surface area contributed by atoms with Gasteiger partial charge in [-0.2, -0.15) is 0 Å². The second kappa shape index (κ2) is 12.8. The van der Waals surface area contributed by atoms with Crippen LogP contribution in [0.2, 0.25) is 5.02 Å². The summed E-state index contributed by atoms with van der Waals surface area (Å²) in [4.78, 5) is 44.1. The van der Waals surface area contributed by atoms with E-state index >= 15 is 0 Å². The number of aromatic amines is 1. The minimum Gasteiger partial charge on any atom is -0.444 e. The molecule has 0 spiro atoms. The SMILES string of the molecule is CC(C)(C)OC(=O)N1CCC(O)(CC(=O)N2CCC(N3CC[C@@H](Nc4ncc(Cl)c(-c5c[nH]c6ccccc56)n4)C3)CC2)CC1. The van der Waals surface area contributed by atoms with Crippen LogP contribution in [0.3, 0.4) is 0 Å². The molecule has 1 atom stereocenters. The highest BCUT2D eigenvalue weighted by molar-refractivity contribution is 6.33. The Labute approximate surface area is 269 Å². The van der Waals surface area contributed by atoms with Crippen molar-refractivity contribution in [2.45, 2.75) is 82.6 Å². The monoisotopic (exact) mass is 637 g/mol. The zero-order chi connectivity index (χ0) is 31.8. The molecule has 3 N–H and O–H groups in total. The van der Waals surface area contributed by atoms with Crippen molar-refractivity contribution < 1.29 is 19.4 Å². The van der Waals surface area contributed by atoms with E-state index in [4.69, 9.17) is 21.3 Å². The first kappa shape index (κ1) is 31.6. The van der Waals surface area contributed by atoms with Crippen LogP contribution in [0.5, 0.6) is 0 Å². The zero-order valence-electron chi connectivity index (χ0n) is 26.4. The van der Waals surface area contributed by atoms with E-state index in [1.807, 2.05) is 50.1 Å². The zero-order valence-corrected chi connectivity index (χ0v) is 27.1. The fraction of sp³-hybridized carbons (Fsp3) is 0.576. The van der Waals surface area contributed by atoms with Crippen LogP contribution in [0.15, 0.2) is 36.7 Å². The number of carbonyl (C=O) groups is 2. The quantitative estimate of drug-likeness (QED) is 0.348. The van der Waals surface area contributed by atoms with Gasteiger partial charge in [0.1, 0.15) is 5.60 Å². The van der Waals surface area contributed by atoms with Crippen LogP contribution in [0.4, 0.5) is 10.7 Å². The Bertz CT molecular complexity index is 1520. The number of nitrogens with one attached hydrogen (secondary N) is 2. The number of fused-ring (bicyclic) bond motifs is 1. The predicted octanol–water partition coefficient (Wildman–Crippen LogP) is 4.91. The van der Waals surface area contributed by atoms with Crippen LogP contribution < -0.4 is 5.32 Å². The molecular formula is C33H44ClN7O4. The maximum atomic E-state index is 13.2. The molecule has 11 nitrogen and oxygen atoms in total. The lowest BCUT2D eigenvalue weighted by atomic mass is 9.87. The van der Waals surface area contributed by atoms with Crippen LogP contribution in [0, 0.1) is 0 Å². The van der Waals surface area contributed by atoms with E-state index in [9.17, 15) is 14.7 Å². The van der Waals surface area contributed by atoms with Gasteiger partial charge in [0.2, 0.25) is 11.9 Å². The predicted molar refractivity (Wildman–Crippen MR) is 174 cm³/mol. The molecule has 3 aliphatic rings. The Morgan fingerprint density at radius 2 is 1.82 bits per heavy atom. The number of benzene rings is 1. The van der Waals surface area contributed by atoms with Crippen molar-refractivity contribution >= 4 is 40.5 Å². The standard InChI is InChI=1S/C33H44ClN7O4/c1-32(2,3)45-31(43)40-16-11-33(44,12-17-40)18-28(42)39-14-9-23(10-15-39)41-13-8-22(21-41)37-30-36-20-26(34)29(38-30)25-19-35-27-7-5-4-6-24(25)27/h4-7,19-20,22-23,35,44H,8-18,21H2,1-3H3,(H,36,37,38)/t22-/m1/s1. The van der Waals surface area contributed by atoms with E-state index in [0.29, 0.717) is 61.7 Å². The first-order valence-electron chi connectivity index (χ1n) is 16.0. The van der Waals surface area contributed by atoms with Gasteiger partial charge in [0.15, 0.2) is 0 Å². The van der Waals surface area contributed by atoms with E-state index < -0.39 is 11.2 Å². The number of aliphatic hydroxyl groups is 1. The lowest BCUT2D eigenvalue weighted by Crippen LogP contribution is -2.51. The minimum atomic E-state index is -1.09. The Balaban J connectivity index is 0.967. The molecule has 12 heteroatoms. The van der Waals surface area contributed by atoms with E-state index in [-0.39, 0.29) is 24.5 Å². The summed E-state index contributed by atoms with van der Waals surface area (Å²) in [5.41, 5.74) is 1.05. The fourth-order valence-electron chi connectivity index (χ4n) is 6.79. The molecule has 1 aromatic carbocycles. The average Bonchev–Trinajstić information content (AvgIpc) is 3.65. The van der Waals surface area contributed by atoms with Gasteiger partial charge in [-0.25, -0.2) is 14.8 Å². The maximum Gasteiger partial charge on any atom is 0.410 e. The van der Waals surface area contributed by atoms with Crippen molar-refractivity contribution in [3.05, 3.63) is 41.7 Å². The van der Waals surface area contributed by atoms with E-state index in [0.717, 1.165) is 48.8 Å². The number of para-hydroxylation sites is 1. The molecule has 2 amide bonds. The second-order valence-corrected chi connectivity index (χ2v) is 14.2. The normalized spacial score (nSPS) is 21.3. The molecular weight excluding hydrogens is 594 g/mol. The van der Waals surface area contributed by atoms with Gasteiger partial charge in [0.05, 0.1) is 28.9 Å². The Hall–Kier alpha value is -3.41. The van der Waals surface area contributed by atoms with Crippen LogP contribution in [-0.4, -0.2) is 109 Å². The maximum absolute atomic E-state index is 13.2. The highest BCUT2D eigenvalue weighted by Crippen LogP contribution is 2.33. The van der Waals surface area contributed by atoms with Crippen LogP contribution in [0.25, 0.3) is 22.2 Å². The molecule has 0 radical (unpaired) electrons. The summed E-state index contributed by atoms with van der Waals surface area (Å²) in [7, 11) is 0. The van der Waals surface area contributed by atoms with E-state index in [1.54, 1.807) is 11.1 Å². The van der Waals surface area contributed by atoms with E-state index in [1.165, 1.54) is 0 Å².